The van der Waals surface area contributed by atoms with Crippen molar-refractivity contribution in [3.05, 3.63) is 65.3 Å². The zero-order valence-electron chi connectivity index (χ0n) is 9.51. The van der Waals surface area contributed by atoms with E-state index in [0.717, 1.165) is 22.9 Å². The van der Waals surface area contributed by atoms with Crippen molar-refractivity contribution in [2.24, 2.45) is 0 Å². The molecule has 2 nitrogen and oxygen atoms in total. The van der Waals surface area contributed by atoms with Crippen molar-refractivity contribution in [3.8, 4) is 5.69 Å². The second-order valence-corrected chi connectivity index (χ2v) is 4.50. The summed E-state index contributed by atoms with van der Waals surface area (Å²) >= 11 is 5.97. The van der Waals surface area contributed by atoms with Crippen molar-refractivity contribution in [1.82, 2.24) is 4.57 Å². The molecular formula is C15H10ClNO. The molecule has 0 aliphatic heterocycles. The van der Waals surface area contributed by atoms with E-state index >= 15 is 0 Å². The molecule has 1 aromatic heterocycles. The fourth-order valence-corrected chi connectivity index (χ4v) is 2.34. The number of para-hydroxylation sites is 1. The van der Waals surface area contributed by atoms with Gasteiger partial charge in [0.15, 0.2) is 6.29 Å². The normalized spacial score (nSPS) is 10.7. The highest BCUT2D eigenvalue weighted by Gasteiger charge is 2.09. The summed E-state index contributed by atoms with van der Waals surface area (Å²) in [6.07, 6.45) is 0.862. The molecule has 88 valence electrons. The van der Waals surface area contributed by atoms with Gasteiger partial charge in [0.1, 0.15) is 0 Å². The summed E-state index contributed by atoms with van der Waals surface area (Å²) in [6.45, 7) is 0. The molecule has 2 aromatic carbocycles. The van der Waals surface area contributed by atoms with E-state index in [0.29, 0.717) is 10.7 Å². The number of fused-ring (bicyclic) bond motifs is 1. The molecular weight excluding hydrogens is 246 g/mol. The number of aromatic nitrogens is 1. The number of carbonyl (C=O) groups is 1. The third kappa shape index (κ3) is 1.71. The van der Waals surface area contributed by atoms with Crippen LogP contribution in [0.5, 0.6) is 0 Å². The van der Waals surface area contributed by atoms with Crippen LogP contribution in [0.2, 0.25) is 5.02 Å². The largest absolute Gasteiger partial charge is 0.307 e. The first kappa shape index (κ1) is 11.1. The fraction of sp³-hybridized carbons (Fsp3) is 0. The van der Waals surface area contributed by atoms with Gasteiger partial charge in [-0.2, -0.15) is 0 Å². The van der Waals surface area contributed by atoms with Crippen LogP contribution in [0.4, 0.5) is 0 Å². The van der Waals surface area contributed by atoms with Crippen LogP contribution >= 0.6 is 11.6 Å². The minimum atomic E-state index is 0.624. The molecule has 0 aliphatic carbocycles. The van der Waals surface area contributed by atoms with Crippen molar-refractivity contribution in [1.29, 1.82) is 0 Å². The maximum absolute atomic E-state index is 11.2. The maximum atomic E-state index is 11.2. The smallest absolute Gasteiger partial charge is 0.166 e. The average Bonchev–Trinajstić information content (AvgIpc) is 2.77. The molecule has 3 heteroatoms. The standard InChI is InChI=1S/C15H10ClNO/c16-12-6-7-15-11(8-12)9-14(10-18)17(15)13-4-2-1-3-5-13/h1-10H. The SMILES string of the molecule is O=Cc1cc2cc(Cl)ccc2n1-c1ccccc1. The van der Waals surface area contributed by atoms with Crippen molar-refractivity contribution in [3.63, 3.8) is 0 Å². The van der Waals surface area contributed by atoms with Gasteiger partial charge in [-0.15, -0.1) is 0 Å². The molecule has 0 saturated heterocycles. The Labute approximate surface area is 109 Å². The Morgan fingerprint density at radius 2 is 1.78 bits per heavy atom. The van der Waals surface area contributed by atoms with Gasteiger partial charge in [-0.3, -0.25) is 4.79 Å². The van der Waals surface area contributed by atoms with Gasteiger partial charge in [-0.1, -0.05) is 29.8 Å². The van der Waals surface area contributed by atoms with Crippen molar-refractivity contribution >= 4 is 28.8 Å². The van der Waals surface area contributed by atoms with Gasteiger partial charge in [-0.25, -0.2) is 0 Å². The second-order valence-electron chi connectivity index (χ2n) is 4.06. The van der Waals surface area contributed by atoms with E-state index in [1.54, 1.807) is 0 Å². The first-order valence-electron chi connectivity index (χ1n) is 5.61. The molecule has 0 spiro atoms. The molecule has 3 rings (SSSR count). The Hall–Kier alpha value is -2.06. The van der Waals surface area contributed by atoms with Crippen molar-refractivity contribution in [2.75, 3.05) is 0 Å². The Kier molecular flexibility index (Phi) is 2.65. The summed E-state index contributed by atoms with van der Waals surface area (Å²) in [5.74, 6) is 0. The van der Waals surface area contributed by atoms with Crippen LogP contribution in [-0.4, -0.2) is 10.9 Å². The molecule has 0 bridgehead atoms. The second kappa shape index (κ2) is 4.31. The van der Waals surface area contributed by atoms with E-state index in [2.05, 4.69) is 0 Å². The average molecular weight is 256 g/mol. The molecule has 0 aliphatic rings. The van der Waals surface area contributed by atoms with Gasteiger partial charge in [0.05, 0.1) is 11.2 Å². The molecule has 0 unspecified atom stereocenters. The lowest BCUT2D eigenvalue weighted by Gasteiger charge is -2.07. The molecule has 0 N–H and O–H groups in total. The van der Waals surface area contributed by atoms with E-state index in [1.807, 2.05) is 59.2 Å². The van der Waals surface area contributed by atoms with Crippen molar-refractivity contribution < 1.29 is 4.79 Å². The van der Waals surface area contributed by atoms with Gasteiger partial charge in [0.2, 0.25) is 0 Å². The number of nitrogens with zero attached hydrogens (tertiary/aromatic N) is 1. The van der Waals surface area contributed by atoms with Crippen LogP contribution in [-0.2, 0) is 0 Å². The number of rotatable bonds is 2. The maximum Gasteiger partial charge on any atom is 0.166 e. The number of hydrogen-bond acceptors (Lipinski definition) is 1. The van der Waals surface area contributed by atoms with Gasteiger partial charge in [-0.05, 0) is 36.4 Å². The third-order valence-electron chi connectivity index (χ3n) is 2.93. The summed E-state index contributed by atoms with van der Waals surface area (Å²) in [5.41, 5.74) is 2.57. The first-order chi connectivity index (χ1) is 8.79. The summed E-state index contributed by atoms with van der Waals surface area (Å²) in [5, 5.41) is 1.64. The van der Waals surface area contributed by atoms with E-state index in [-0.39, 0.29) is 0 Å². The molecule has 18 heavy (non-hydrogen) atoms. The van der Waals surface area contributed by atoms with Gasteiger partial charge in [0, 0.05) is 16.1 Å². The topological polar surface area (TPSA) is 22.0 Å². The molecule has 0 atom stereocenters. The van der Waals surface area contributed by atoms with E-state index < -0.39 is 0 Å². The summed E-state index contributed by atoms with van der Waals surface area (Å²) < 4.78 is 1.93. The molecule has 3 aromatic rings. The monoisotopic (exact) mass is 255 g/mol. The van der Waals surface area contributed by atoms with E-state index in [9.17, 15) is 4.79 Å². The zero-order chi connectivity index (χ0) is 12.5. The highest BCUT2D eigenvalue weighted by atomic mass is 35.5. The Morgan fingerprint density at radius 1 is 1.00 bits per heavy atom. The Bertz CT molecular complexity index is 716. The lowest BCUT2D eigenvalue weighted by molar-refractivity contribution is 0.111. The quantitative estimate of drug-likeness (QED) is 0.632. The van der Waals surface area contributed by atoms with Gasteiger partial charge in [0.25, 0.3) is 0 Å². The number of halogens is 1. The molecule has 0 saturated carbocycles. The molecule has 0 radical (unpaired) electrons. The van der Waals surface area contributed by atoms with Crippen molar-refractivity contribution in [2.45, 2.75) is 0 Å². The Morgan fingerprint density at radius 3 is 2.50 bits per heavy atom. The summed E-state index contributed by atoms with van der Waals surface area (Å²) in [4.78, 5) is 11.2. The summed E-state index contributed by atoms with van der Waals surface area (Å²) in [6, 6.07) is 17.3. The van der Waals surface area contributed by atoms with Crippen LogP contribution in [0.3, 0.4) is 0 Å². The Balaban J connectivity index is 2.36. The third-order valence-corrected chi connectivity index (χ3v) is 3.16. The number of hydrogen-bond donors (Lipinski definition) is 0. The first-order valence-corrected chi connectivity index (χ1v) is 5.99. The number of aldehydes is 1. The minimum absolute atomic E-state index is 0.624. The van der Waals surface area contributed by atoms with Crippen LogP contribution in [0.15, 0.2) is 54.6 Å². The predicted molar refractivity (Wildman–Crippen MR) is 73.7 cm³/mol. The highest BCUT2D eigenvalue weighted by Crippen LogP contribution is 2.26. The summed E-state index contributed by atoms with van der Waals surface area (Å²) in [7, 11) is 0. The predicted octanol–water partition coefficient (Wildman–Crippen LogP) is 4.10. The van der Waals surface area contributed by atoms with Gasteiger partial charge >= 0.3 is 0 Å². The molecule has 0 amide bonds. The lowest BCUT2D eigenvalue weighted by atomic mass is 10.2. The zero-order valence-corrected chi connectivity index (χ0v) is 10.3. The molecule has 0 fully saturated rings. The lowest BCUT2D eigenvalue weighted by Crippen LogP contribution is -1.98. The molecule has 1 heterocycles. The number of carbonyl (C=O) groups excluding carboxylic acids is 1. The highest BCUT2D eigenvalue weighted by molar-refractivity contribution is 6.31. The van der Waals surface area contributed by atoms with Crippen LogP contribution in [0.25, 0.3) is 16.6 Å². The van der Waals surface area contributed by atoms with E-state index in [1.165, 1.54) is 0 Å². The van der Waals surface area contributed by atoms with Crippen LogP contribution in [0.1, 0.15) is 10.5 Å². The van der Waals surface area contributed by atoms with Crippen LogP contribution < -0.4 is 0 Å². The minimum Gasteiger partial charge on any atom is -0.307 e. The number of benzene rings is 2. The van der Waals surface area contributed by atoms with E-state index in [4.69, 9.17) is 11.6 Å². The fourth-order valence-electron chi connectivity index (χ4n) is 2.16. The van der Waals surface area contributed by atoms with Crippen LogP contribution in [0, 0.1) is 0 Å². The van der Waals surface area contributed by atoms with Gasteiger partial charge < -0.3 is 4.57 Å².